The number of carbonyl (C=O) groups is 1. The average molecular weight is 322 g/mol. The van der Waals surface area contributed by atoms with Crippen molar-refractivity contribution in [3.63, 3.8) is 0 Å². The molecule has 0 aliphatic carbocycles. The van der Waals surface area contributed by atoms with Gasteiger partial charge in [0.2, 0.25) is 0 Å². The summed E-state index contributed by atoms with van der Waals surface area (Å²) in [5.74, 6) is 0.0205. The summed E-state index contributed by atoms with van der Waals surface area (Å²) in [6.07, 6.45) is 0.416. The van der Waals surface area contributed by atoms with E-state index in [1.807, 2.05) is 0 Å². The summed E-state index contributed by atoms with van der Waals surface area (Å²) in [4.78, 5) is 11.6. The molecule has 5 nitrogen and oxygen atoms in total. The summed E-state index contributed by atoms with van der Waals surface area (Å²) in [5, 5.41) is 2.79. The van der Waals surface area contributed by atoms with Crippen LogP contribution in [0.25, 0.3) is 0 Å². The highest BCUT2D eigenvalue weighted by atomic mass is 79.9. The molecule has 1 rings (SSSR count). The van der Waals surface area contributed by atoms with E-state index in [0.717, 1.165) is 0 Å². The molecule has 0 spiro atoms. The summed E-state index contributed by atoms with van der Waals surface area (Å²) in [5.41, 5.74) is 1.21. The van der Waals surface area contributed by atoms with Crippen LogP contribution in [0.1, 0.15) is 23.7 Å². The van der Waals surface area contributed by atoms with Gasteiger partial charge in [0.05, 0.1) is 10.2 Å². The molecule has 0 aliphatic rings. The van der Waals surface area contributed by atoms with Gasteiger partial charge in [-0.2, -0.15) is 4.21 Å². The molecule has 7 heteroatoms. The third kappa shape index (κ3) is 4.19. The Hall–Kier alpha value is -0.760. The van der Waals surface area contributed by atoms with Crippen molar-refractivity contribution in [1.82, 2.24) is 0 Å². The lowest BCUT2D eigenvalue weighted by atomic mass is 10.1. The Morgan fingerprint density at radius 3 is 2.88 bits per heavy atom. The van der Waals surface area contributed by atoms with E-state index in [9.17, 15) is 9.00 Å². The number of hydrogen-bond acceptors (Lipinski definition) is 4. The topological polar surface area (TPSA) is 75.6 Å². The largest absolute Gasteiger partial charge is 0.361 e. The molecule has 0 aromatic heterocycles. The Labute approximate surface area is 110 Å². The van der Waals surface area contributed by atoms with Gasteiger partial charge in [-0.05, 0) is 22.0 Å². The Kier molecular flexibility index (Phi) is 5.76. The van der Waals surface area contributed by atoms with Crippen LogP contribution in [0.2, 0.25) is 0 Å². The Balaban J connectivity index is 2.80. The predicted octanol–water partition coefficient (Wildman–Crippen LogP) is 2.56. The summed E-state index contributed by atoms with van der Waals surface area (Å²) in [6, 6.07) is 5.18. The van der Waals surface area contributed by atoms with Crippen LogP contribution in [-0.4, -0.2) is 21.3 Å². The minimum atomic E-state index is -2.31. The number of nitrogens with one attached hydrogen (secondary N) is 1. The lowest BCUT2D eigenvalue weighted by Crippen LogP contribution is -2.09. The van der Waals surface area contributed by atoms with E-state index in [1.165, 1.54) is 0 Å². The van der Waals surface area contributed by atoms with Gasteiger partial charge >= 0.3 is 11.4 Å². The van der Waals surface area contributed by atoms with Gasteiger partial charge in [-0.3, -0.25) is 9.35 Å². The number of ketones is 1. The normalized spacial score (nSPS) is 12.2. The van der Waals surface area contributed by atoms with Crippen LogP contribution in [0.15, 0.2) is 22.7 Å². The Morgan fingerprint density at radius 1 is 1.59 bits per heavy atom. The fraction of sp³-hybridized carbons (Fsp3) is 0.300. The van der Waals surface area contributed by atoms with Crippen molar-refractivity contribution in [1.29, 1.82) is 0 Å². The van der Waals surface area contributed by atoms with E-state index in [2.05, 4.69) is 25.4 Å². The van der Waals surface area contributed by atoms with Crippen LogP contribution in [0.3, 0.4) is 0 Å². The van der Waals surface area contributed by atoms with Gasteiger partial charge in [0.25, 0.3) is 0 Å². The zero-order valence-electron chi connectivity index (χ0n) is 9.10. The molecule has 94 valence electrons. The Morgan fingerprint density at radius 2 is 2.29 bits per heavy atom. The van der Waals surface area contributed by atoms with Crippen LogP contribution in [0, 0.1) is 0 Å². The Bertz CT molecular complexity index is 438. The number of rotatable bonds is 6. The monoisotopic (exact) mass is 321 g/mol. The maximum Gasteiger partial charge on any atom is 0.303 e. The van der Waals surface area contributed by atoms with Crippen molar-refractivity contribution < 1.29 is 17.7 Å². The first-order valence-electron chi connectivity index (χ1n) is 4.86. The molecule has 2 N–H and O–H groups in total. The second-order valence-corrected chi connectivity index (χ2v) is 4.56. The second-order valence-electron chi connectivity index (χ2n) is 3.10. The van der Waals surface area contributed by atoms with E-state index in [1.54, 1.807) is 25.1 Å². The molecule has 0 saturated heterocycles. The molecule has 1 unspecified atom stereocenters. The first-order valence-corrected chi connectivity index (χ1v) is 6.68. The SMILES string of the molecule is CCC(=O)c1cccc(NCOS(=O)O)c1Br. The quantitative estimate of drug-likeness (QED) is 0.478. The molecule has 17 heavy (non-hydrogen) atoms. The smallest absolute Gasteiger partial charge is 0.303 e. The van der Waals surface area contributed by atoms with Crippen molar-refractivity contribution in [3.05, 3.63) is 28.2 Å². The minimum Gasteiger partial charge on any atom is -0.361 e. The van der Waals surface area contributed by atoms with Gasteiger partial charge in [0.15, 0.2) is 5.78 Å². The first kappa shape index (κ1) is 14.3. The molecule has 0 aliphatic heterocycles. The van der Waals surface area contributed by atoms with Gasteiger partial charge in [-0.1, -0.05) is 19.1 Å². The number of anilines is 1. The van der Waals surface area contributed by atoms with Crippen LogP contribution < -0.4 is 5.32 Å². The van der Waals surface area contributed by atoms with E-state index >= 15 is 0 Å². The third-order valence-corrected chi connectivity index (χ3v) is 3.22. The van der Waals surface area contributed by atoms with E-state index < -0.39 is 11.4 Å². The van der Waals surface area contributed by atoms with Crippen LogP contribution >= 0.6 is 15.9 Å². The molecular weight excluding hydrogens is 310 g/mol. The molecule has 1 aromatic rings. The zero-order chi connectivity index (χ0) is 12.8. The van der Waals surface area contributed by atoms with Crippen LogP contribution in [-0.2, 0) is 15.5 Å². The van der Waals surface area contributed by atoms with Gasteiger partial charge in [0.1, 0.15) is 6.73 Å². The molecule has 1 atom stereocenters. The molecular formula is C10H12BrNO4S. The van der Waals surface area contributed by atoms with Crippen molar-refractivity contribution in [2.75, 3.05) is 12.0 Å². The van der Waals surface area contributed by atoms with Crippen molar-refractivity contribution >= 4 is 38.8 Å². The van der Waals surface area contributed by atoms with Crippen molar-refractivity contribution in [2.45, 2.75) is 13.3 Å². The molecule has 1 aromatic carbocycles. The van der Waals surface area contributed by atoms with Gasteiger partial charge in [-0.25, -0.2) is 4.18 Å². The second kappa shape index (κ2) is 6.85. The highest BCUT2D eigenvalue weighted by molar-refractivity contribution is 9.10. The van der Waals surface area contributed by atoms with E-state index in [-0.39, 0.29) is 12.5 Å². The number of Topliss-reactive ketones (excluding diaryl/α,β-unsaturated/α-hetero) is 1. The number of carbonyl (C=O) groups excluding carboxylic acids is 1. The lowest BCUT2D eigenvalue weighted by Gasteiger charge is -2.10. The predicted molar refractivity (Wildman–Crippen MR) is 69.1 cm³/mol. The van der Waals surface area contributed by atoms with Crippen LogP contribution in [0.5, 0.6) is 0 Å². The standard InChI is InChI=1S/C10H12BrNO4S/c1-2-9(13)7-4-3-5-8(10(7)11)12-6-16-17(14)15/h3-5,12H,2,6H2,1H3,(H,14,15). The molecule has 0 radical (unpaired) electrons. The van der Waals surface area contributed by atoms with Crippen molar-refractivity contribution in [2.24, 2.45) is 0 Å². The highest BCUT2D eigenvalue weighted by Gasteiger charge is 2.11. The maximum atomic E-state index is 11.6. The van der Waals surface area contributed by atoms with Gasteiger partial charge in [-0.15, -0.1) is 0 Å². The number of halogens is 1. The summed E-state index contributed by atoms with van der Waals surface area (Å²) in [6.45, 7) is 1.67. The summed E-state index contributed by atoms with van der Waals surface area (Å²) < 4.78 is 23.8. The number of hydrogen-bond donors (Lipinski definition) is 2. The molecule has 0 heterocycles. The lowest BCUT2D eigenvalue weighted by molar-refractivity contribution is 0.0987. The van der Waals surface area contributed by atoms with E-state index in [0.29, 0.717) is 22.1 Å². The summed E-state index contributed by atoms with van der Waals surface area (Å²) in [7, 11) is 0. The fourth-order valence-corrected chi connectivity index (χ4v) is 2.02. The third-order valence-electron chi connectivity index (χ3n) is 2.04. The maximum absolute atomic E-state index is 11.6. The molecule has 0 saturated carbocycles. The van der Waals surface area contributed by atoms with Gasteiger partial charge < -0.3 is 5.32 Å². The van der Waals surface area contributed by atoms with E-state index in [4.69, 9.17) is 4.55 Å². The van der Waals surface area contributed by atoms with Crippen LogP contribution in [0.4, 0.5) is 5.69 Å². The summed E-state index contributed by atoms with van der Waals surface area (Å²) >= 11 is 1.01. The van der Waals surface area contributed by atoms with Gasteiger partial charge in [0, 0.05) is 12.0 Å². The molecule has 0 amide bonds. The minimum absolute atomic E-state index is 0.0205. The highest BCUT2D eigenvalue weighted by Crippen LogP contribution is 2.27. The number of benzene rings is 1. The molecule has 0 fully saturated rings. The van der Waals surface area contributed by atoms with Crippen molar-refractivity contribution in [3.8, 4) is 0 Å². The zero-order valence-corrected chi connectivity index (χ0v) is 11.5. The average Bonchev–Trinajstić information content (AvgIpc) is 2.30. The first-order chi connectivity index (χ1) is 8.06. The fourth-order valence-electron chi connectivity index (χ4n) is 1.23. The molecule has 0 bridgehead atoms.